The highest BCUT2D eigenvalue weighted by atomic mass is 127. The molecule has 240 valence electrons. The number of nitrogens with one attached hydrogen (secondary N) is 3. The summed E-state index contributed by atoms with van der Waals surface area (Å²) in [6.07, 6.45) is -1.65. The first kappa shape index (κ1) is 35.4. The molecule has 45 heavy (non-hydrogen) atoms. The summed E-state index contributed by atoms with van der Waals surface area (Å²) in [7, 11) is 0. The minimum atomic E-state index is -1.34. The molecule has 4 amide bonds. The first-order valence-corrected chi connectivity index (χ1v) is 15.6. The van der Waals surface area contributed by atoms with E-state index < -0.39 is 47.2 Å². The molecule has 0 spiro atoms. The van der Waals surface area contributed by atoms with Crippen molar-refractivity contribution in [2.75, 3.05) is 11.4 Å². The Morgan fingerprint density at radius 3 is 1.96 bits per heavy atom. The number of ether oxygens (including phenoxy) is 2. The zero-order valence-electron chi connectivity index (χ0n) is 26.4. The average Bonchev–Trinajstić information content (AvgIpc) is 2.96. The maximum Gasteiger partial charge on any atom is 0.408 e. The van der Waals surface area contributed by atoms with Gasteiger partial charge in [0.1, 0.15) is 24.3 Å². The lowest BCUT2D eigenvalue weighted by Crippen LogP contribution is -2.57. The van der Waals surface area contributed by atoms with Gasteiger partial charge in [-0.1, -0.05) is 72.8 Å². The third kappa shape index (κ3) is 11.4. The number of halogens is 1. The molecule has 2 atom stereocenters. The molecule has 0 saturated carbocycles. The van der Waals surface area contributed by atoms with Crippen LogP contribution < -0.4 is 20.9 Å². The fourth-order valence-corrected chi connectivity index (χ4v) is 4.94. The number of hydrogen-bond acceptors (Lipinski definition) is 6. The minimum absolute atomic E-state index is 0.0337. The summed E-state index contributed by atoms with van der Waals surface area (Å²) in [6, 6.07) is 22.7. The number of benzene rings is 3. The fourth-order valence-electron chi connectivity index (χ4n) is 4.30. The second-order valence-corrected chi connectivity index (χ2v) is 13.5. The van der Waals surface area contributed by atoms with Crippen LogP contribution in [0, 0.1) is 3.57 Å². The third-order valence-corrected chi connectivity index (χ3v) is 7.03. The van der Waals surface area contributed by atoms with Crippen molar-refractivity contribution >= 4 is 52.3 Å². The molecule has 0 aliphatic rings. The highest BCUT2D eigenvalue weighted by molar-refractivity contribution is 14.1. The summed E-state index contributed by atoms with van der Waals surface area (Å²) in [5.41, 5.74) is 0.354. The van der Waals surface area contributed by atoms with Crippen molar-refractivity contribution in [2.24, 2.45) is 0 Å². The van der Waals surface area contributed by atoms with E-state index in [9.17, 15) is 19.2 Å². The molecule has 0 bridgehead atoms. The van der Waals surface area contributed by atoms with Gasteiger partial charge in [-0.05, 0) is 87.4 Å². The maximum absolute atomic E-state index is 14.7. The van der Waals surface area contributed by atoms with Gasteiger partial charge in [0.05, 0.1) is 12.2 Å². The van der Waals surface area contributed by atoms with Crippen molar-refractivity contribution in [1.29, 1.82) is 0 Å². The molecule has 0 fully saturated rings. The van der Waals surface area contributed by atoms with Gasteiger partial charge in [0.15, 0.2) is 0 Å². The van der Waals surface area contributed by atoms with E-state index in [1.807, 2.05) is 57.2 Å². The highest BCUT2D eigenvalue weighted by Crippen LogP contribution is 2.32. The standard InChI is InChI=1S/C34H41IN4O6/c1-33(2,3)38-29(40)28(24-17-11-8-12-18-24)39(27-20-14-13-19-25(27)35)30(41)26(21-36-31(42)45-34(4,5)6)37-32(43)44-22-23-15-9-7-10-16-23/h7-20,26,28H,21-22H2,1-6H3,(H,36,42)(H,37,43)(H,38,40)/t26-,28?/m0/s1. The van der Waals surface area contributed by atoms with E-state index in [0.717, 1.165) is 5.56 Å². The number of para-hydroxylation sites is 1. The number of rotatable bonds is 10. The monoisotopic (exact) mass is 728 g/mol. The number of carbonyl (C=O) groups is 4. The van der Waals surface area contributed by atoms with Crippen LogP contribution in [0.1, 0.15) is 58.7 Å². The van der Waals surface area contributed by atoms with Crippen LogP contribution in [0.3, 0.4) is 0 Å². The molecule has 0 heterocycles. The number of anilines is 1. The lowest BCUT2D eigenvalue weighted by Gasteiger charge is -2.36. The molecule has 0 aromatic heterocycles. The number of amides is 4. The Kier molecular flexibility index (Phi) is 12.4. The van der Waals surface area contributed by atoms with Crippen LogP contribution in [-0.2, 0) is 25.7 Å². The maximum atomic E-state index is 14.7. The molecule has 11 heteroatoms. The quantitative estimate of drug-likeness (QED) is 0.217. The zero-order valence-corrected chi connectivity index (χ0v) is 28.6. The molecular weight excluding hydrogens is 687 g/mol. The second kappa shape index (κ2) is 15.7. The van der Waals surface area contributed by atoms with E-state index in [2.05, 4.69) is 38.5 Å². The van der Waals surface area contributed by atoms with Crippen LogP contribution in [0.2, 0.25) is 0 Å². The van der Waals surface area contributed by atoms with Crippen LogP contribution in [0.5, 0.6) is 0 Å². The van der Waals surface area contributed by atoms with Crippen molar-refractivity contribution in [3.8, 4) is 0 Å². The van der Waals surface area contributed by atoms with Crippen LogP contribution in [0.4, 0.5) is 15.3 Å². The summed E-state index contributed by atoms with van der Waals surface area (Å²) < 4.78 is 11.5. The topological polar surface area (TPSA) is 126 Å². The van der Waals surface area contributed by atoms with E-state index >= 15 is 0 Å². The number of carbonyl (C=O) groups excluding carboxylic acids is 4. The van der Waals surface area contributed by atoms with Crippen molar-refractivity contribution in [1.82, 2.24) is 16.0 Å². The largest absolute Gasteiger partial charge is 0.445 e. The number of alkyl carbamates (subject to hydrolysis) is 2. The molecule has 1 unspecified atom stereocenters. The van der Waals surface area contributed by atoms with Gasteiger partial charge in [-0.3, -0.25) is 14.5 Å². The Morgan fingerprint density at radius 2 is 1.38 bits per heavy atom. The van der Waals surface area contributed by atoms with E-state index in [0.29, 0.717) is 14.8 Å². The van der Waals surface area contributed by atoms with E-state index in [1.54, 1.807) is 69.3 Å². The fraction of sp³-hybridized carbons (Fsp3) is 0.353. The summed E-state index contributed by atoms with van der Waals surface area (Å²) in [5, 5.41) is 8.20. The Bertz CT molecular complexity index is 1450. The van der Waals surface area contributed by atoms with Crippen LogP contribution in [-0.4, -0.2) is 47.7 Å². The normalized spacial score (nSPS) is 12.7. The smallest absolute Gasteiger partial charge is 0.408 e. The molecule has 3 rings (SSSR count). The van der Waals surface area contributed by atoms with Gasteiger partial charge in [0.2, 0.25) is 5.91 Å². The summed E-state index contributed by atoms with van der Waals surface area (Å²) in [4.78, 5) is 55.7. The lowest BCUT2D eigenvalue weighted by molar-refractivity contribution is -0.128. The lowest BCUT2D eigenvalue weighted by atomic mass is 10.00. The molecule has 0 aliphatic heterocycles. The average molecular weight is 729 g/mol. The molecule has 0 saturated heterocycles. The van der Waals surface area contributed by atoms with Gasteiger partial charge in [-0.2, -0.15) is 0 Å². The van der Waals surface area contributed by atoms with E-state index in [4.69, 9.17) is 9.47 Å². The van der Waals surface area contributed by atoms with Gasteiger partial charge in [-0.15, -0.1) is 0 Å². The van der Waals surface area contributed by atoms with Gasteiger partial charge in [-0.25, -0.2) is 9.59 Å². The molecule has 10 nitrogen and oxygen atoms in total. The predicted octanol–water partition coefficient (Wildman–Crippen LogP) is 6.10. The first-order valence-electron chi connectivity index (χ1n) is 14.5. The van der Waals surface area contributed by atoms with Crippen molar-refractivity contribution in [2.45, 2.75) is 71.4 Å². The number of hydrogen-bond donors (Lipinski definition) is 3. The number of nitrogens with zero attached hydrogens (tertiary/aromatic N) is 1. The molecule has 0 radical (unpaired) electrons. The SMILES string of the molecule is CC(C)(C)NC(=O)C(c1ccccc1)N(C(=O)[C@H](CNC(=O)OC(C)(C)C)NC(=O)OCc1ccccc1)c1ccccc1I. The first-order chi connectivity index (χ1) is 21.1. The highest BCUT2D eigenvalue weighted by Gasteiger charge is 2.39. The third-order valence-electron chi connectivity index (χ3n) is 6.12. The summed E-state index contributed by atoms with van der Waals surface area (Å²) in [6.45, 7) is 10.3. The van der Waals surface area contributed by atoms with Gasteiger partial charge < -0.3 is 25.4 Å². The van der Waals surface area contributed by atoms with Gasteiger partial charge in [0, 0.05) is 9.11 Å². The van der Waals surface area contributed by atoms with Crippen molar-refractivity contribution < 1.29 is 28.7 Å². The molecular formula is C34H41IN4O6. The molecule has 3 aromatic carbocycles. The molecule has 3 N–H and O–H groups in total. The molecule has 3 aromatic rings. The van der Waals surface area contributed by atoms with E-state index in [-0.39, 0.29) is 13.2 Å². The van der Waals surface area contributed by atoms with Crippen molar-refractivity contribution in [3.05, 3.63) is 99.6 Å². The minimum Gasteiger partial charge on any atom is -0.445 e. The van der Waals surface area contributed by atoms with Gasteiger partial charge >= 0.3 is 12.2 Å². The molecule has 0 aliphatic carbocycles. The Hall–Kier alpha value is -4.13. The Labute approximate surface area is 278 Å². The van der Waals surface area contributed by atoms with Crippen LogP contribution in [0.25, 0.3) is 0 Å². The van der Waals surface area contributed by atoms with Crippen molar-refractivity contribution in [3.63, 3.8) is 0 Å². The second-order valence-electron chi connectivity index (χ2n) is 12.4. The Balaban J connectivity index is 2.05. The summed E-state index contributed by atoms with van der Waals surface area (Å²) >= 11 is 2.10. The van der Waals surface area contributed by atoms with Gasteiger partial charge in [0.25, 0.3) is 5.91 Å². The summed E-state index contributed by atoms with van der Waals surface area (Å²) in [5.74, 6) is -1.07. The van der Waals surface area contributed by atoms with E-state index in [1.165, 1.54) is 4.90 Å². The Morgan fingerprint density at radius 1 is 0.800 bits per heavy atom. The van der Waals surface area contributed by atoms with Crippen LogP contribution >= 0.6 is 22.6 Å². The zero-order chi connectivity index (χ0) is 33.2. The predicted molar refractivity (Wildman–Crippen MR) is 182 cm³/mol. The van der Waals surface area contributed by atoms with Crippen LogP contribution in [0.15, 0.2) is 84.9 Å².